The van der Waals surface area contributed by atoms with Crippen molar-refractivity contribution in [2.75, 3.05) is 33.0 Å². The zero-order valence-electron chi connectivity index (χ0n) is 14.5. The summed E-state index contributed by atoms with van der Waals surface area (Å²) >= 11 is 0. The lowest BCUT2D eigenvalue weighted by molar-refractivity contribution is 0.0141. The lowest BCUT2D eigenvalue weighted by Gasteiger charge is -2.09. The van der Waals surface area contributed by atoms with E-state index in [1.54, 1.807) is 6.07 Å². The van der Waals surface area contributed by atoms with Crippen LogP contribution in [-0.2, 0) is 20.6 Å². The minimum absolute atomic E-state index is 0.271. The van der Waals surface area contributed by atoms with Gasteiger partial charge in [-0.15, -0.1) is 0 Å². The molecule has 0 fully saturated rings. The van der Waals surface area contributed by atoms with Gasteiger partial charge in [-0.2, -0.15) is 0 Å². The number of unbranched alkanes of at least 4 members (excludes halogenated alkanes) is 3. The molecule has 0 spiro atoms. The van der Waals surface area contributed by atoms with Crippen LogP contribution in [0.3, 0.4) is 0 Å². The fraction of sp³-hybridized carbons (Fsp3) is 0.632. The quantitative estimate of drug-likeness (QED) is 0.406. The van der Waals surface area contributed by atoms with Crippen LogP contribution < -0.4 is 0 Å². The molecular formula is C19H30O4. The van der Waals surface area contributed by atoms with E-state index in [2.05, 4.69) is 6.92 Å². The number of hydrogen-bond acceptors (Lipinski definition) is 4. The molecule has 23 heavy (non-hydrogen) atoms. The van der Waals surface area contributed by atoms with Gasteiger partial charge in [0.15, 0.2) is 0 Å². The van der Waals surface area contributed by atoms with Crippen molar-refractivity contribution in [3.63, 3.8) is 0 Å². The second-order valence-electron chi connectivity index (χ2n) is 5.43. The summed E-state index contributed by atoms with van der Waals surface area (Å²) in [5.41, 5.74) is 1.65. The Morgan fingerprint density at radius 2 is 1.57 bits per heavy atom. The van der Waals surface area contributed by atoms with E-state index in [0.717, 1.165) is 25.0 Å². The smallest absolute Gasteiger partial charge is 0.338 e. The van der Waals surface area contributed by atoms with Crippen molar-refractivity contribution in [2.45, 2.75) is 46.0 Å². The number of esters is 1. The van der Waals surface area contributed by atoms with Gasteiger partial charge >= 0.3 is 5.97 Å². The number of rotatable bonds is 13. The van der Waals surface area contributed by atoms with Crippen molar-refractivity contribution in [3.05, 3.63) is 35.4 Å². The Kier molecular flexibility index (Phi) is 11.2. The topological polar surface area (TPSA) is 44.8 Å². The van der Waals surface area contributed by atoms with Gasteiger partial charge in [-0.25, -0.2) is 4.79 Å². The first-order valence-corrected chi connectivity index (χ1v) is 8.70. The molecule has 0 bridgehead atoms. The Morgan fingerprint density at radius 1 is 0.870 bits per heavy atom. The van der Waals surface area contributed by atoms with Crippen LogP contribution in [0.25, 0.3) is 0 Å². The Morgan fingerprint density at radius 3 is 2.30 bits per heavy atom. The molecule has 0 aliphatic carbocycles. The summed E-state index contributed by atoms with van der Waals surface area (Å²) < 4.78 is 16.1. The highest BCUT2D eigenvalue weighted by atomic mass is 16.6. The molecule has 1 aromatic carbocycles. The van der Waals surface area contributed by atoms with E-state index < -0.39 is 0 Å². The number of carbonyl (C=O) groups excluding carboxylic acids is 1. The molecule has 0 unspecified atom stereocenters. The predicted octanol–water partition coefficient (Wildman–Crippen LogP) is 4.02. The first-order chi connectivity index (χ1) is 11.3. The van der Waals surface area contributed by atoms with E-state index >= 15 is 0 Å². The second-order valence-corrected chi connectivity index (χ2v) is 5.43. The summed E-state index contributed by atoms with van der Waals surface area (Å²) in [6.07, 6.45) is 5.67. The van der Waals surface area contributed by atoms with Crippen molar-refractivity contribution in [3.8, 4) is 0 Å². The Hall–Kier alpha value is -1.39. The third-order valence-electron chi connectivity index (χ3n) is 3.59. The molecule has 0 saturated carbocycles. The van der Waals surface area contributed by atoms with Gasteiger partial charge in [0, 0.05) is 6.61 Å². The van der Waals surface area contributed by atoms with E-state index in [9.17, 15) is 4.79 Å². The van der Waals surface area contributed by atoms with Gasteiger partial charge in [0.1, 0.15) is 6.61 Å². The third-order valence-corrected chi connectivity index (χ3v) is 3.59. The molecule has 0 N–H and O–H groups in total. The molecule has 1 aromatic rings. The monoisotopic (exact) mass is 322 g/mol. The van der Waals surface area contributed by atoms with Crippen LogP contribution in [0.1, 0.15) is 55.5 Å². The molecule has 0 heterocycles. The molecule has 0 radical (unpaired) electrons. The third kappa shape index (κ3) is 8.72. The molecule has 4 heteroatoms. The van der Waals surface area contributed by atoms with Crippen LogP contribution in [0.15, 0.2) is 24.3 Å². The van der Waals surface area contributed by atoms with Crippen LogP contribution in [0.2, 0.25) is 0 Å². The first kappa shape index (κ1) is 19.7. The van der Waals surface area contributed by atoms with Crippen LogP contribution in [0, 0.1) is 0 Å². The van der Waals surface area contributed by atoms with Crippen molar-refractivity contribution in [2.24, 2.45) is 0 Å². The molecule has 0 atom stereocenters. The number of hydrogen-bond donors (Lipinski definition) is 0. The van der Waals surface area contributed by atoms with Crippen LogP contribution >= 0.6 is 0 Å². The van der Waals surface area contributed by atoms with Crippen molar-refractivity contribution in [1.82, 2.24) is 0 Å². The van der Waals surface area contributed by atoms with E-state index in [4.69, 9.17) is 14.2 Å². The average molecular weight is 322 g/mol. The van der Waals surface area contributed by atoms with Crippen molar-refractivity contribution < 1.29 is 19.0 Å². The van der Waals surface area contributed by atoms with Gasteiger partial charge in [0.05, 0.1) is 25.4 Å². The lowest BCUT2D eigenvalue weighted by atomic mass is 10.1. The van der Waals surface area contributed by atoms with Gasteiger partial charge in [0.2, 0.25) is 0 Å². The number of ether oxygens (including phenoxy) is 3. The Balaban J connectivity index is 2.01. The van der Waals surface area contributed by atoms with Crippen molar-refractivity contribution in [1.29, 1.82) is 0 Å². The maximum absolute atomic E-state index is 12.0. The first-order valence-electron chi connectivity index (χ1n) is 8.70. The highest BCUT2D eigenvalue weighted by Gasteiger charge is 2.10. The maximum atomic E-state index is 12.0. The van der Waals surface area contributed by atoms with Crippen LogP contribution in [0.4, 0.5) is 0 Å². The molecule has 130 valence electrons. The predicted molar refractivity (Wildman–Crippen MR) is 91.9 cm³/mol. The van der Waals surface area contributed by atoms with Gasteiger partial charge in [-0.05, 0) is 24.5 Å². The number of aryl methyl sites for hydroxylation is 1. The molecule has 0 aliphatic rings. The second kappa shape index (κ2) is 13.1. The summed E-state index contributed by atoms with van der Waals surface area (Å²) in [5, 5.41) is 0. The summed E-state index contributed by atoms with van der Waals surface area (Å²) in [5.74, 6) is -0.279. The molecule has 1 rings (SSSR count). The normalized spacial score (nSPS) is 10.7. The maximum Gasteiger partial charge on any atom is 0.338 e. The number of carbonyl (C=O) groups is 1. The summed E-state index contributed by atoms with van der Waals surface area (Å²) in [7, 11) is 0. The molecule has 0 aliphatic heterocycles. The molecule has 0 saturated heterocycles. The SMILES string of the molecule is CCCCCCOCCOCCOC(=O)c1ccccc1CC. The molecule has 0 amide bonds. The van der Waals surface area contributed by atoms with E-state index in [-0.39, 0.29) is 12.6 Å². The fourth-order valence-corrected chi connectivity index (χ4v) is 2.25. The van der Waals surface area contributed by atoms with E-state index in [1.165, 1.54) is 19.3 Å². The summed E-state index contributed by atoms with van der Waals surface area (Å²) in [6, 6.07) is 7.53. The highest BCUT2D eigenvalue weighted by molar-refractivity contribution is 5.91. The summed E-state index contributed by atoms with van der Waals surface area (Å²) in [6.45, 7) is 6.83. The van der Waals surface area contributed by atoms with E-state index in [1.807, 2.05) is 25.1 Å². The van der Waals surface area contributed by atoms with Gasteiger partial charge in [-0.3, -0.25) is 0 Å². The standard InChI is InChI=1S/C19H30O4/c1-3-5-6-9-12-21-13-14-22-15-16-23-19(20)18-11-8-7-10-17(18)4-2/h7-8,10-11H,3-6,9,12-16H2,1-2H3. The van der Waals surface area contributed by atoms with E-state index in [0.29, 0.717) is 25.4 Å². The highest BCUT2D eigenvalue weighted by Crippen LogP contribution is 2.10. The van der Waals surface area contributed by atoms with Gasteiger partial charge < -0.3 is 14.2 Å². The van der Waals surface area contributed by atoms with Gasteiger partial charge in [0.25, 0.3) is 0 Å². The van der Waals surface area contributed by atoms with Gasteiger partial charge in [-0.1, -0.05) is 51.3 Å². The zero-order valence-corrected chi connectivity index (χ0v) is 14.5. The molecule has 4 nitrogen and oxygen atoms in total. The Bertz CT molecular complexity index is 431. The minimum atomic E-state index is -0.279. The number of benzene rings is 1. The minimum Gasteiger partial charge on any atom is -0.460 e. The molecule has 0 aromatic heterocycles. The fourth-order valence-electron chi connectivity index (χ4n) is 2.25. The largest absolute Gasteiger partial charge is 0.460 e. The lowest BCUT2D eigenvalue weighted by Crippen LogP contribution is -2.14. The van der Waals surface area contributed by atoms with Crippen LogP contribution in [0.5, 0.6) is 0 Å². The van der Waals surface area contributed by atoms with Crippen LogP contribution in [-0.4, -0.2) is 39.0 Å². The van der Waals surface area contributed by atoms with Crippen molar-refractivity contribution >= 4 is 5.97 Å². The summed E-state index contributed by atoms with van der Waals surface area (Å²) in [4.78, 5) is 12.0. The molecular weight excluding hydrogens is 292 g/mol. The zero-order chi connectivity index (χ0) is 16.8. The average Bonchev–Trinajstić information content (AvgIpc) is 2.59. The Labute approximate surface area is 140 Å².